The Morgan fingerprint density at radius 2 is 1.91 bits per heavy atom. The smallest absolute Gasteiger partial charge is 0.252 e. The van der Waals surface area contributed by atoms with Crippen molar-refractivity contribution in [3.05, 3.63) is 60.2 Å². The van der Waals surface area contributed by atoms with Gasteiger partial charge in [-0.05, 0) is 42.2 Å². The van der Waals surface area contributed by atoms with Gasteiger partial charge in [0.1, 0.15) is 6.54 Å². The second-order valence-electron chi connectivity index (χ2n) is 5.05. The van der Waals surface area contributed by atoms with E-state index in [1.54, 1.807) is 16.7 Å². The second-order valence-corrected chi connectivity index (χ2v) is 6.30. The van der Waals surface area contributed by atoms with Gasteiger partial charge in [-0.15, -0.1) is 11.8 Å². The SMILES string of the molecule is CSc1cccc(N2C(=O)CN(Cc3ccccc3)C2=S)c1. The van der Waals surface area contributed by atoms with Crippen LogP contribution in [0.25, 0.3) is 0 Å². The zero-order chi connectivity index (χ0) is 15.5. The fraction of sp³-hybridized carbons (Fsp3) is 0.176. The average molecular weight is 328 g/mol. The minimum absolute atomic E-state index is 0.0270. The van der Waals surface area contributed by atoms with Gasteiger partial charge in [0.15, 0.2) is 5.11 Å². The lowest BCUT2D eigenvalue weighted by Crippen LogP contribution is -2.32. The van der Waals surface area contributed by atoms with Crippen molar-refractivity contribution < 1.29 is 4.79 Å². The summed E-state index contributed by atoms with van der Waals surface area (Å²) in [6.45, 7) is 0.987. The Morgan fingerprint density at radius 3 is 2.64 bits per heavy atom. The molecule has 0 N–H and O–H groups in total. The Labute approximate surface area is 139 Å². The van der Waals surface area contributed by atoms with Gasteiger partial charge in [-0.2, -0.15) is 0 Å². The van der Waals surface area contributed by atoms with Gasteiger partial charge in [0, 0.05) is 11.4 Å². The number of hydrogen-bond acceptors (Lipinski definition) is 3. The van der Waals surface area contributed by atoms with E-state index in [1.165, 1.54) is 0 Å². The quantitative estimate of drug-likeness (QED) is 0.633. The highest BCUT2D eigenvalue weighted by Crippen LogP contribution is 2.26. The van der Waals surface area contributed by atoms with Crippen LogP contribution in [0.3, 0.4) is 0 Å². The number of anilines is 1. The summed E-state index contributed by atoms with van der Waals surface area (Å²) in [7, 11) is 0. The fourth-order valence-electron chi connectivity index (χ4n) is 2.48. The first-order valence-electron chi connectivity index (χ1n) is 6.99. The number of carbonyl (C=O) groups is 1. The van der Waals surface area contributed by atoms with Crippen molar-refractivity contribution in [2.75, 3.05) is 17.7 Å². The number of thiocarbonyl (C=S) groups is 1. The van der Waals surface area contributed by atoms with Crippen molar-refractivity contribution in [2.24, 2.45) is 0 Å². The first-order valence-corrected chi connectivity index (χ1v) is 8.62. The lowest BCUT2D eigenvalue weighted by Gasteiger charge is -2.20. The van der Waals surface area contributed by atoms with E-state index < -0.39 is 0 Å². The van der Waals surface area contributed by atoms with Crippen LogP contribution in [0, 0.1) is 0 Å². The van der Waals surface area contributed by atoms with Gasteiger partial charge < -0.3 is 4.90 Å². The van der Waals surface area contributed by atoms with Gasteiger partial charge in [0.05, 0.1) is 5.69 Å². The van der Waals surface area contributed by atoms with E-state index >= 15 is 0 Å². The molecular formula is C17H16N2OS2. The molecular weight excluding hydrogens is 312 g/mol. The number of nitrogens with zero attached hydrogens (tertiary/aromatic N) is 2. The van der Waals surface area contributed by atoms with E-state index in [0.29, 0.717) is 18.2 Å². The summed E-state index contributed by atoms with van der Waals surface area (Å²) in [6.07, 6.45) is 2.02. The fourth-order valence-corrected chi connectivity index (χ4v) is 3.27. The van der Waals surface area contributed by atoms with Crippen LogP contribution in [0.15, 0.2) is 59.5 Å². The largest absolute Gasteiger partial charge is 0.335 e. The number of carbonyl (C=O) groups excluding carboxylic acids is 1. The van der Waals surface area contributed by atoms with E-state index in [1.807, 2.05) is 65.8 Å². The van der Waals surface area contributed by atoms with Crippen molar-refractivity contribution in [1.82, 2.24) is 4.90 Å². The highest BCUT2D eigenvalue weighted by atomic mass is 32.2. The van der Waals surface area contributed by atoms with Crippen molar-refractivity contribution in [1.29, 1.82) is 0 Å². The summed E-state index contributed by atoms with van der Waals surface area (Å²) >= 11 is 7.18. The van der Waals surface area contributed by atoms with E-state index in [0.717, 1.165) is 16.1 Å². The standard InChI is InChI=1S/C17H16N2OS2/c1-22-15-9-5-8-14(10-15)19-16(20)12-18(17(19)21)11-13-6-3-2-4-7-13/h2-10H,11-12H2,1H3. The maximum absolute atomic E-state index is 12.4. The molecule has 1 saturated heterocycles. The normalized spacial score (nSPS) is 14.8. The van der Waals surface area contributed by atoms with Crippen LogP contribution >= 0.6 is 24.0 Å². The van der Waals surface area contributed by atoms with Gasteiger partial charge in [-0.1, -0.05) is 36.4 Å². The van der Waals surface area contributed by atoms with Gasteiger partial charge in [-0.25, -0.2) is 0 Å². The molecule has 1 fully saturated rings. The third-order valence-electron chi connectivity index (χ3n) is 3.57. The summed E-state index contributed by atoms with van der Waals surface area (Å²) in [5.74, 6) is 0.0270. The zero-order valence-electron chi connectivity index (χ0n) is 12.2. The molecule has 0 spiro atoms. The molecule has 0 aliphatic carbocycles. The number of hydrogen-bond donors (Lipinski definition) is 0. The van der Waals surface area contributed by atoms with Crippen LogP contribution in [0.2, 0.25) is 0 Å². The molecule has 0 aromatic heterocycles. The Bertz CT molecular complexity index is 703. The molecule has 5 heteroatoms. The first-order chi connectivity index (χ1) is 10.7. The van der Waals surface area contributed by atoms with Gasteiger partial charge in [0.2, 0.25) is 0 Å². The molecule has 1 aliphatic heterocycles. The number of rotatable bonds is 4. The average Bonchev–Trinajstić information content (AvgIpc) is 2.82. The third-order valence-corrected chi connectivity index (χ3v) is 4.73. The van der Waals surface area contributed by atoms with Crippen LogP contribution in [0.5, 0.6) is 0 Å². The van der Waals surface area contributed by atoms with Gasteiger partial charge >= 0.3 is 0 Å². The van der Waals surface area contributed by atoms with Crippen molar-refractivity contribution >= 4 is 40.7 Å². The van der Waals surface area contributed by atoms with Crippen LogP contribution < -0.4 is 4.90 Å². The van der Waals surface area contributed by atoms with Crippen molar-refractivity contribution in [2.45, 2.75) is 11.4 Å². The Balaban J connectivity index is 1.82. The molecule has 0 atom stereocenters. The molecule has 2 aromatic carbocycles. The lowest BCUT2D eigenvalue weighted by molar-refractivity contribution is -0.116. The lowest BCUT2D eigenvalue weighted by atomic mass is 10.2. The van der Waals surface area contributed by atoms with Crippen molar-refractivity contribution in [3.8, 4) is 0 Å². The highest BCUT2D eigenvalue weighted by molar-refractivity contribution is 7.98. The molecule has 112 valence electrons. The molecule has 2 aromatic rings. The number of thioether (sulfide) groups is 1. The van der Waals surface area contributed by atoms with Gasteiger partial charge in [-0.3, -0.25) is 9.69 Å². The maximum Gasteiger partial charge on any atom is 0.252 e. The van der Waals surface area contributed by atoms with Crippen molar-refractivity contribution in [3.63, 3.8) is 0 Å². The van der Waals surface area contributed by atoms with Crippen LogP contribution in [-0.4, -0.2) is 28.7 Å². The summed E-state index contributed by atoms with van der Waals surface area (Å²) in [6, 6.07) is 18.0. The second kappa shape index (κ2) is 6.50. The Kier molecular flexibility index (Phi) is 4.45. The summed E-state index contributed by atoms with van der Waals surface area (Å²) in [5.41, 5.74) is 2.00. The molecule has 3 nitrogen and oxygen atoms in total. The molecule has 0 radical (unpaired) electrons. The van der Waals surface area contributed by atoms with Crippen LogP contribution in [-0.2, 0) is 11.3 Å². The van der Waals surface area contributed by atoms with Crippen LogP contribution in [0.1, 0.15) is 5.56 Å². The van der Waals surface area contributed by atoms with E-state index in [2.05, 4.69) is 0 Å². The summed E-state index contributed by atoms with van der Waals surface area (Å²) in [4.78, 5) is 17.1. The topological polar surface area (TPSA) is 23.6 Å². The van der Waals surface area contributed by atoms with E-state index in [9.17, 15) is 4.79 Å². The molecule has 22 heavy (non-hydrogen) atoms. The molecule has 0 unspecified atom stereocenters. The summed E-state index contributed by atoms with van der Waals surface area (Å²) in [5, 5.41) is 0.576. The third kappa shape index (κ3) is 3.00. The first kappa shape index (κ1) is 15.1. The molecule has 1 heterocycles. The van der Waals surface area contributed by atoms with Crippen LogP contribution in [0.4, 0.5) is 5.69 Å². The predicted octanol–water partition coefficient (Wildman–Crippen LogP) is 3.54. The molecule has 1 amide bonds. The Morgan fingerprint density at radius 1 is 1.14 bits per heavy atom. The Hall–Kier alpha value is -1.85. The minimum Gasteiger partial charge on any atom is -0.335 e. The van der Waals surface area contributed by atoms with Gasteiger partial charge in [0.25, 0.3) is 5.91 Å². The predicted molar refractivity (Wildman–Crippen MR) is 95.2 cm³/mol. The van der Waals surface area contributed by atoms with E-state index in [4.69, 9.17) is 12.2 Å². The molecule has 1 aliphatic rings. The zero-order valence-corrected chi connectivity index (χ0v) is 13.9. The monoisotopic (exact) mass is 328 g/mol. The minimum atomic E-state index is 0.0270. The molecule has 3 rings (SSSR count). The number of benzene rings is 2. The molecule has 0 saturated carbocycles. The van der Waals surface area contributed by atoms with E-state index in [-0.39, 0.29) is 5.91 Å². The molecule has 0 bridgehead atoms. The highest BCUT2D eigenvalue weighted by Gasteiger charge is 2.33. The summed E-state index contributed by atoms with van der Waals surface area (Å²) < 4.78 is 0. The number of amides is 1. The maximum atomic E-state index is 12.4.